The molecule has 1 aliphatic rings. The van der Waals surface area contributed by atoms with E-state index in [0.29, 0.717) is 0 Å². The first-order valence-corrected chi connectivity index (χ1v) is 7.75. The molecule has 0 radical (unpaired) electrons. The molecule has 8 heteroatoms. The monoisotopic (exact) mass is 330 g/mol. The molecule has 1 aliphatic carbocycles. The van der Waals surface area contributed by atoms with Crippen molar-refractivity contribution in [2.24, 2.45) is 11.5 Å². The highest BCUT2D eigenvalue weighted by atomic mass is 16.6. The number of hydrogen-bond donors (Lipinski definition) is 2. The number of methoxy groups -OCH3 is 1. The Bertz CT molecular complexity index is 434. The Morgan fingerprint density at radius 3 is 2.17 bits per heavy atom. The van der Waals surface area contributed by atoms with E-state index in [1.807, 2.05) is 6.92 Å². The van der Waals surface area contributed by atoms with Crippen LogP contribution < -0.4 is 11.5 Å². The fourth-order valence-electron chi connectivity index (χ4n) is 2.40. The molecule has 1 saturated carbocycles. The second kappa shape index (κ2) is 8.95. The largest absolute Gasteiger partial charge is 0.469 e. The number of nitrogens with two attached hydrogens (primary N) is 2. The topological polar surface area (TPSA) is 131 Å². The standard InChI is InChI=1S/C15H26N2O6/c1-15(6-4-3-5-7-15)22-9-11(17)14(20)23-13(19)10(16)8-12(18)21-2/h10-11H,3-9,16-17H2,1-2H3/t10-,11-/m0/s1. The van der Waals surface area contributed by atoms with Crippen molar-refractivity contribution in [3.8, 4) is 0 Å². The quantitative estimate of drug-likeness (QED) is 0.493. The molecule has 132 valence electrons. The van der Waals surface area contributed by atoms with Crippen LogP contribution in [0, 0.1) is 0 Å². The van der Waals surface area contributed by atoms with Gasteiger partial charge < -0.3 is 25.7 Å². The molecule has 1 rings (SSSR count). The van der Waals surface area contributed by atoms with E-state index in [-0.39, 0.29) is 18.6 Å². The van der Waals surface area contributed by atoms with Crippen molar-refractivity contribution >= 4 is 17.9 Å². The Kier molecular flexibility index (Phi) is 7.60. The van der Waals surface area contributed by atoms with Crippen molar-refractivity contribution < 1.29 is 28.6 Å². The van der Waals surface area contributed by atoms with Gasteiger partial charge in [0, 0.05) is 0 Å². The van der Waals surface area contributed by atoms with Gasteiger partial charge in [0.2, 0.25) is 0 Å². The van der Waals surface area contributed by atoms with Crippen molar-refractivity contribution in [1.29, 1.82) is 0 Å². The zero-order chi connectivity index (χ0) is 17.5. The molecule has 0 bridgehead atoms. The molecule has 0 aromatic rings. The minimum atomic E-state index is -1.27. The van der Waals surface area contributed by atoms with Gasteiger partial charge in [-0.2, -0.15) is 0 Å². The van der Waals surface area contributed by atoms with Gasteiger partial charge in [-0.3, -0.25) is 4.79 Å². The van der Waals surface area contributed by atoms with Crippen LogP contribution in [0.25, 0.3) is 0 Å². The molecule has 0 unspecified atom stereocenters. The Balaban J connectivity index is 2.38. The second-order valence-electron chi connectivity index (χ2n) is 6.05. The van der Waals surface area contributed by atoms with Crippen LogP contribution in [0.1, 0.15) is 45.4 Å². The number of carbonyl (C=O) groups is 3. The van der Waals surface area contributed by atoms with Crippen LogP contribution in [0.3, 0.4) is 0 Å². The molecule has 23 heavy (non-hydrogen) atoms. The van der Waals surface area contributed by atoms with Gasteiger partial charge in [0.05, 0.1) is 25.7 Å². The predicted octanol–water partition coefficient (Wildman–Crippen LogP) is 0.0133. The average molecular weight is 330 g/mol. The zero-order valence-electron chi connectivity index (χ0n) is 13.7. The Morgan fingerprint density at radius 2 is 1.61 bits per heavy atom. The number of ether oxygens (including phenoxy) is 3. The maximum absolute atomic E-state index is 11.8. The summed E-state index contributed by atoms with van der Waals surface area (Å²) in [6, 6.07) is -2.35. The summed E-state index contributed by atoms with van der Waals surface area (Å²) < 4.78 is 14.7. The fraction of sp³-hybridized carbons (Fsp3) is 0.800. The van der Waals surface area contributed by atoms with Crippen molar-refractivity contribution in [2.45, 2.75) is 63.1 Å². The highest BCUT2D eigenvalue weighted by molar-refractivity contribution is 5.92. The normalized spacial score (nSPS) is 19.5. The first-order valence-electron chi connectivity index (χ1n) is 7.75. The molecule has 0 aromatic carbocycles. The Hall–Kier alpha value is -1.51. The molecule has 2 atom stereocenters. The minimum absolute atomic E-state index is 0.0329. The van der Waals surface area contributed by atoms with E-state index in [2.05, 4.69) is 9.47 Å². The third-order valence-corrected chi connectivity index (χ3v) is 3.94. The molecule has 0 aliphatic heterocycles. The van der Waals surface area contributed by atoms with Gasteiger partial charge in [-0.1, -0.05) is 19.3 Å². The predicted molar refractivity (Wildman–Crippen MR) is 81.1 cm³/mol. The summed E-state index contributed by atoms with van der Waals surface area (Å²) in [6.45, 7) is 1.95. The van der Waals surface area contributed by atoms with Crippen molar-refractivity contribution in [3.05, 3.63) is 0 Å². The lowest BCUT2D eigenvalue weighted by Gasteiger charge is -2.34. The maximum Gasteiger partial charge on any atom is 0.333 e. The molecule has 0 heterocycles. The van der Waals surface area contributed by atoms with Crippen LogP contribution in [0.4, 0.5) is 0 Å². The maximum atomic E-state index is 11.8. The van der Waals surface area contributed by atoms with E-state index in [1.54, 1.807) is 0 Å². The van der Waals surface area contributed by atoms with Gasteiger partial charge in [-0.25, -0.2) is 9.59 Å². The van der Waals surface area contributed by atoms with Crippen LogP contribution >= 0.6 is 0 Å². The summed E-state index contributed by atoms with van der Waals surface area (Å²) >= 11 is 0. The molecule has 0 aromatic heterocycles. The lowest BCUT2D eigenvalue weighted by atomic mass is 9.86. The van der Waals surface area contributed by atoms with Crippen LogP contribution in [-0.4, -0.2) is 49.3 Å². The second-order valence-corrected chi connectivity index (χ2v) is 6.05. The number of hydrogen-bond acceptors (Lipinski definition) is 8. The Morgan fingerprint density at radius 1 is 1.04 bits per heavy atom. The van der Waals surface area contributed by atoms with Crippen LogP contribution in [0.15, 0.2) is 0 Å². The zero-order valence-corrected chi connectivity index (χ0v) is 13.7. The highest BCUT2D eigenvalue weighted by Gasteiger charge is 2.30. The average Bonchev–Trinajstić information content (AvgIpc) is 2.52. The smallest absolute Gasteiger partial charge is 0.333 e. The van der Waals surface area contributed by atoms with E-state index in [1.165, 1.54) is 13.5 Å². The van der Waals surface area contributed by atoms with E-state index in [0.717, 1.165) is 25.7 Å². The van der Waals surface area contributed by atoms with Gasteiger partial charge in [0.15, 0.2) is 0 Å². The van der Waals surface area contributed by atoms with Crippen LogP contribution in [0.5, 0.6) is 0 Å². The van der Waals surface area contributed by atoms with Crippen molar-refractivity contribution in [3.63, 3.8) is 0 Å². The summed E-state index contributed by atoms with van der Waals surface area (Å²) in [6.07, 6.45) is 4.80. The SMILES string of the molecule is COC(=O)C[C@H](N)C(=O)OC(=O)[C@@H](N)COC1(C)CCCCC1. The highest BCUT2D eigenvalue weighted by Crippen LogP contribution is 2.30. The third kappa shape index (κ3) is 6.64. The summed E-state index contributed by atoms with van der Waals surface area (Å²) in [5.41, 5.74) is 10.8. The number of carbonyl (C=O) groups excluding carboxylic acids is 3. The summed E-state index contributed by atoms with van der Waals surface area (Å²) in [5, 5.41) is 0. The van der Waals surface area contributed by atoms with E-state index < -0.39 is 30.0 Å². The molecule has 8 nitrogen and oxygen atoms in total. The van der Waals surface area contributed by atoms with Gasteiger partial charge in [-0.05, 0) is 19.8 Å². The Labute approximate surface area is 135 Å². The molecular formula is C15H26N2O6. The van der Waals surface area contributed by atoms with E-state index in [9.17, 15) is 14.4 Å². The lowest BCUT2D eigenvalue weighted by molar-refractivity contribution is -0.165. The van der Waals surface area contributed by atoms with Gasteiger partial charge >= 0.3 is 17.9 Å². The van der Waals surface area contributed by atoms with Crippen LogP contribution in [-0.2, 0) is 28.6 Å². The van der Waals surface area contributed by atoms with E-state index in [4.69, 9.17) is 16.2 Å². The van der Waals surface area contributed by atoms with Crippen molar-refractivity contribution in [2.75, 3.05) is 13.7 Å². The summed E-state index contributed by atoms with van der Waals surface area (Å²) in [5.74, 6) is -2.60. The fourth-order valence-corrected chi connectivity index (χ4v) is 2.40. The van der Waals surface area contributed by atoms with E-state index >= 15 is 0 Å². The number of esters is 3. The first kappa shape index (κ1) is 19.5. The van der Waals surface area contributed by atoms with Gasteiger partial charge in [-0.15, -0.1) is 0 Å². The number of rotatable bonds is 7. The lowest BCUT2D eigenvalue weighted by Crippen LogP contribution is -2.44. The summed E-state index contributed by atoms with van der Waals surface area (Å²) in [4.78, 5) is 34.4. The molecular weight excluding hydrogens is 304 g/mol. The first-order chi connectivity index (χ1) is 10.8. The van der Waals surface area contributed by atoms with Crippen molar-refractivity contribution in [1.82, 2.24) is 0 Å². The minimum Gasteiger partial charge on any atom is -0.469 e. The molecule has 1 fully saturated rings. The molecule has 0 amide bonds. The summed E-state index contributed by atoms with van der Waals surface area (Å²) in [7, 11) is 1.17. The molecule has 0 spiro atoms. The van der Waals surface area contributed by atoms with Gasteiger partial charge in [0.25, 0.3) is 0 Å². The van der Waals surface area contributed by atoms with Crippen LogP contribution in [0.2, 0.25) is 0 Å². The molecule has 4 N–H and O–H groups in total. The molecule has 0 saturated heterocycles. The third-order valence-electron chi connectivity index (χ3n) is 3.94. The van der Waals surface area contributed by atoms with Gasteiger partial charge in [0.1, 0.15) is 12.1 Å².